The van der Waals surface area contributed by atoms with Gasteiger partial charge in [0.2, 0.25) is 0 Å². The number of hydrazone groups is 1. The fourth-order valence-corrected chi connectivity index (χ4v) is 3.08. The number of benzene rings is 2. The van der Waals surface area contributed by atoms with Crippen molar-refractivity contribution in [3.05, 3.63) is 71.3 Å². The first-order valence-corrected chi connectivity index (χ1v) is 9.20. The van der Waals surface area contributed by atoms with E-state index in [2.05, 4.69) is 10.4 Å². The van der Waals surface area contributed by atoms with Gasteiger partial charge in [-0.15, -0.1) is 0 Å². The Morgan fingerprint density at radius 3 is 2.32 bits per heavy atom. The van der Waals surface area contributed by atoms with Crippen molar-refractivity contribution in [1.82, 2.24) is 15.2 Å². The van der Waals surface area contributed by atoms with Crippen LogP contribution in [0.3, 0.4) is 0 Å². The molecule has 1 heterocycles. The van der Waals surface area contributed by atoms with Crippen LogP contribution in [0.1, 0.15) is 23.6 Å². The van der Waals surface area contributed by atoms with Gasteiger partial charge in [-0.2, -0.15) is 5.10 Å². The standard InChI is InChI=1S/C21H24F2N4O/c1-26(2)12-11-24-14-21(28)27-20(16-5-9-18(23)10-6-16)13-19(25-27)15-3-7-17(22)8-4-15/h3-10,20,24H,11-14H2,1-2H3. The molecule has 2 aromatic rings. The van der Waals surface area contributed by atoms with Gasteiger partial charge in [-0.1, -0.05) is 24.3 Å². The fourth-order valence-electron chi connectivity index (χ4n) is 3.08. The number of likely N-dealkylation sites (N-methyl/N-ethyl adjacent to an activating group) is 1. The maximum Gasteiger partial charge on any atom is 0.257 e. The molecular weight excluding hydrogens is 362 g/mol. The van der Waals surface area contributed by atoms with Gasteiger partial charge in [-0.05, 0) is 49.5 Å². The summed E-state index contributed by atoms with van der Waals surface area (Å²) in [7, 11) is 3.93. The van der Waals surface area contributed by atoms with Crippen molar-refractivity contribution in [2.75, 3.05) is 33.7 Å². The molecule has 0 radical (unpaired) electrons. The molecule has 0 aliphatic carbocycles. The third-order valence-electron chi connectivity index (χ3n) is 4.61. The van der Waals surface area contributed by atoms with Gasteiger partial charge in [-0.3, -0.25) is 4.79 Å². The van der Waals surface area contributed by atoms with Crippen LogP contribution < -0.4 is 5.32 Å². The second-order valence-electron chi connectivity index (χ2n) is 7.04. The topological polar surface area (TPSA) is 47.9 Å². The molecule has 3 rings (SSSR count). The number of rotatable bonds is 7. The van der Waals surface area contributed by atoms with Crippen LogP contribution in [0.5, 0.6) is 0 Å². The van der Waals surface area contributed by atoms with E-state index in [0.717, 1.165) is 17.7 Å². The van der Waals surface area contributed by atoms with Gasteiger partial charge in [-0.25, -0.2) is 13.8 Å². The predicted octanol–water partition coefficient (Wildman–Crippen LogP) is 2.79. The lowest BCUT2D eigenvalue weighted by Gasteiger charge is -2.22. The van der Waals surface area contributed by atoms with E-state index in [1.807, 2.05) is 19.0 Å². The van der Waals surface area contributed by atoms with Crippen LogP contribution >= 0.6 is 0 Å². The van der Waals surface area contributed by atoms with Crippen LogP contribution in [0.15, 0.2) is 53.6 Å². The van der Waals surface area contributed by atoms with E-state index in [1.165, 1.54) is 29.3 Å². The zero-order valence-corrected chi connectivity index (χ0v) is 16.0. The Hall–Kier alpha value is -2.64. The molecule has 0 fully saturated rings. The molecule has 0 spiro atoms. The second-order valence-corrected chi connectivity index (χ2v) is 7.04. The molecule has 7 heteroatoms. The highest BCUT2D eigenvalue weighted by Crippen LogP contribution is 2.32. The van der Waals surface area contributed by atoms with Gasteiger partial charge in [0.1, 0.15) is 11.6 Å². The third-order valence-corrected chi connectivity index (χ3v) is 4.61. The van der Waals surface area contributed by atoms with Crippen molar-refractivity contribution in [3.63, 3.8) is 0 Å². The molecule has 0 bridgehead atoms. The van der Waals surface area contributed by atoms with Crippen molar-refractivity contribution >= 4 is 11.6 Å². The highest BCUT2D eigenvalue weighted by molar-refractivity contribution is 6.03. The summed E-state index contributed by atoms with van der Waals surface area (Å²) in [5.74, 6) is -0.815. The van der Waals surface area contributed by atoms with Gasteiger partial charge < -0.3 is 10.2 Å². The molecule has 1 amide bonds. The fraction of sp³-hybridized carbons (Fsp3) is 0.333. The van der Waals surface area contributed by atoms with E-state index < -0.39 is 0 Å². The zero-order chi connectivity index (χ0) is 20.1. The largest absolute Gasteiger partial charge is 0.308 e. The lowest BCUT2D eigenvalue weighted by atomic mass is 9.98. The summed E-state index contributed by atoms with van der Waals surface area (Å²) in [6.07, 6.45) is 0.487. The maximum atomic E-state index is 13.3. The van der Waals surface area contributed by atoms with Crippen LogP contribution in [0, 0.1) is 11.6 Å². The summed E-state index contributed by atoms with van der Waals surface area (Å²) in [6, 6.07) is 11.8. The number of nitrogens with zero attached hydrogens (tertiary/aromatic N) is 3. The minimum atomic E-state index is -0.329. The Morgan fingerprint density at radius 1 is 1.11 bits per heavy atom. The van der Waals surface area contributed by atoms with Gasteiger partial charge >= 0.3 is 0 Å². The summed E-state index contributed by atoms with van der Waals surface area (Å²) in [5.41, 5.74) is 2.28. The zero-order valence-electron chi connectivity index (χ0n) is 16.0. The maximum absolute atomic E-state index is 13.3. The van der Waals surface area contributed by atoms with Crippen molar-refractivity contribution in [2.45, 2.75) is 12.5 Å². The smallest absolute Gasteiger partial charge is 0.257 e. The lowest BCUT2D eigenvalue weighted by Crippen LogP contribution is -2.37. The molecule has 1 unspecified atom stereocenters. The van der Waals surface area contributed by atoms with E-state index in [1.54, 1.807) is 24.3 Å². The van der Waals surface area contributed by atoms with Crippen molar-refractivity contribution in [2.24, 2.45) is 5.10 Å². The summed E-state index contributed by atoms with van der Waals surface area (Å²) in [6.45, 7) is 1.66. The molecule has 5 nitrogen and oxygen atoms in total. The minimum Gasteiger partial charge on any atom is -0.308 e. The third kappa shape index (κ3) is 4.99. The predicted molar refractivity (Wildman–Crippen MR) is 105 cm³/mol. The molecule has 0 saturated carbocycles. The van der Waals surface area contributed by atoms with Crippen LogP contribution in [0.25, 0.3) is 0 Å². The van der Waals surface area contributed by atoms with Gasteiger partial charge in [0, 0.05) is 19.5 Å². The van der Waals surface area contributed by atoms with Gasteiger partial charge in [0.05, 0.1) is 18.3 Å². The second kappa shape index (κ2) is 9.03. The minimum absolute atomic E-state index is 0.158. The Labute approximate surface area is 163 Å². The first-order valence-electron chi connectivity index (χ1n) is 9.20. The first kappa shape index (κ1) is 20.1. The Kier molecular flexibility index (Phi) is 6.49. The van der Waals surface area contributed by atoms with E-state index >= 15 is 0 Å². The Morgan fingerprint density at radius 2 is 1.71 bits per heavy atom. The summed E-state index contributed by atoms with van der Waals surface area (Å²) < 4.78 is 26.6. The Bertz CT molecular complexity index is 834. The average Bonchev–Trinajstić information content (AvgIpc) is 3.11. The number of hydrogen-bond acceptors (Lipinski definition) is 4. The van der Waals surface area contributed by atoms with Crippen molar-refractivity contribution in [3.8, 4) is 0 Å². The molecule has 28 heavy (non-hydrogen) atoms. The SMILES string of the molecule is CN(C)CCNCC(=O)N1N=C(c2ccc(F)cc2)CC1c1ccc(F)cc1. The number of carbonyl (C=O) groups excluding carboxylic acids is 1. The number of hydrogen-bond donors (Lipinski definition) is 1. The molecule has 1 N–H and O–H groups in total. The lowest BCUT2D eigenvalue weighted by molar-refractivity contribution is -0.132. The van der Waals surface area contributed by atoms with E-state index in [0.29, 0.717) is 18.7 Å². The Balaban J connectivity index is 1.78. The number of amides is 1. The molecule has 148 valence electrons. The van der Waals surface area contributed by atoms with Crippen molar-refractivity contribution in [1.29, 1.82) is 0 Å². The molecule has 1 aliphatic rings. The molecule has 2 aromatic carbocycles. The average molecular weight is 386 g/mol. The van der Waals surface area contributed by atoms with Crippen LogP contribution in [0.4, 0.5) is 8.78 Å². The highest BCUT2D eigenvalue weighted by Gasteiger charge is 2.32. The summed E-state index contributed by atoms with van der Waals surface area (Å²) in [4.78, 5) is 14.8. The summed E-state index contributed by atoms with van der Waals surface area (Å²) in [5, 5.41) is 9.09. The molecule has 0 aromatic heterocycles. The number of carbonyl (C=O) groups is 1. The highest BCUT2D eigenvalue weighted by atomic mass is 19.1. The molecular formula is C21H24F2N4O. The molecule has 1 aliphatic heterocycles. The molecule has 1 atom stereocenters. The van der Waals surface area contributed by atoms with Crippen LogP contribution in [-0.4, -0.2) is 55.3 Å². The monoisotopic (exact) mass is 386 g/mol. The first-order chi connectivity index (χ1) is 13.4. The van der Waals surface area contributed by atoms with E-state index in [4.69, 9.17) is 0 Å². The molecule has 0 saturated heterocycles. The van der Waals surface area contributed by atoms with E-state index in [-0.39, 0.29) is 30.1 Å². The van der Waals surface area contributed by atoms with Gasteiger partial charge in [0.15, 0.2) is 0 Å². The normalized spacial score (nSPS) is 16.5. The number of halogens is 2. The quantitative estimate of drug-likeness (QED) is 0.745. The van der Waals surface area contributed by atoms with Crippen LogP contribution in [0.2, 0.25) is 0 Å². The number of nitrogens with one attached hydrogen (secondary N) is 1. The van der Waals surface area contributed by atoms with Crippen molar-refractivity contribution < 1.29 is 13.6 Å². The summed E-state index contributed by atoms with van der Waals surface area (Å²) >= 11 is 0. The van der Waals surface area contributed by atoms with Gasteiger partial charge in [0.25, 0.3) is 5.91 Å². The van der Waals surface area contributed by atoms with Crippen LogP contribution in [-0.2, 0) is 4.79 Å². The van der Waals surface area contributed by atoms with E-state index in [9.17, 15) is 13.6 Å².